The van der Waals surface area contributed by atoms with Crippen molar-refractivity contribution in [3.63, 3.8) is 0 Å². The molecule has 1 N–H and O–H groups in total. The van der Waals surface area contributed by atoms with Crippen LogP contribution >= 0.6 is 11.6 Å². The predicted molar refractivity (Wildman–Crippen MR) is 140 cm³/mol. The van der Waals surface area contributed by atoms with Gasteiger partial charge >= 0.3 is 0 Å². The number of nitrogens with zero attached hydrogens (tertiary/aromatic N) is 3. The lowest BCUT2D eigenvalue weighted by molar-refractivity contribution is -0.116. The summed E-state index contributed by atoms with van der Waals surface area (Å²) in [6.07, 6.45) is 3.44. The van der Waals surface area contributed by atoms with Gasteiger partial charge in [0.25, 0.3) is 5.91 Å². The Kier molecular flexibility index (Phi) is 7.43. The third-order valence-corrected chi connectivity index (χ3v) is 5.62. The first kappa shape index (κ1) is 24.0. The van der Waals surface area contributed by atoms with Gasteiger partial charge < -0.3 is 4.90 Å². The summed E-state index contributed by atoms with van der Waals surface area (Å²) < 4.78 is 1.77. The quantitative estimate of drug-likeness (QED) is 0.323. The summed E-state index contributed by atoms with van der Waals surface area (Å²) in [4.78, 5) is 32.2. The number of nitrogens with one attached hydrogen (secondary N) is 1. The molecule has 0 fully saturated rings. The highest BCUT2D eigenvalue weighted by atomic mass is 35.5. The van der Waals surface area contributed by atoms with Crippen LogP contribution in [-0.4, -0.2) is 39.4 Å². The molecule has 0 atom stereocenters. The summed E-state index contributed by atoms with van der Waals surface area (Å²) >= 11 is 6.21. The minimum Gasteiger partial charge on any atom is -0.326 e. The van der Waals surface area contributed by atoms with E-state index in [9.17, 15) is 9.59 Å². The second-order valence-electron chi connectivity index (χ2n) is 8.05. The maximum absolute atomic E-state index is 13.1. The number of carbonyl (C=O) groups is 2. The van der Waals surface area contributed by atoms with E-state index in [0.29, 0.717) is 22.2 Å². The van der Waals surface area contributed by atoms with E-state index >= 15 is 0 Å². The number of amides is 2. The third-order valence-electron chi connectivity index (χ3n) is 5.38. The van der Waals surface area contributed by atoms with E-state index in [1.54, 1.807) is 34.9 Å². The molecule has 0 saturated carbocycles. The van der Waals surface area contributed by atoms with Crippen molar-refractivity contribution in [2.24, 2.45) is 0 Å². The Morgan fingerprint density at radius 1 is 1.06 bits per heavy atom. The van der Waals surface area contributed by atoms with Gasteiger partial charge in [0.1, 0.15) is 6.54 Å². The molecule has 0 bridgehead atoms. The molecule has 0 aliphatic rings. The molecule has 2 amide bonds. The molecule has 0 radical (unpaired) electrons. The first-order valence-corrected chi connectivity index (χ1v) is 11.5. The van der Waals surface area contributed by atoms with Gasteiger partial charge in [0, 0.05) is 34.6 Å². The number of carbonyl (C=O) groups excluding carboxylic acids is 2. The summed E-state index contributed by atoms with van der Waals surface area (Å²) in [6.45, 7) is 5.76. The largest absolute Gasteiger partial charge is 0.326 e. The van der Waals surface area contributed by atoms with Crippen LogP contribution in [0, 0.1) is 6.92 Å². The minimum absolute atomic E-state index is 0.151. The summed E-state index contributed by atoms with van der Waals surface area (Å²) in [5.41, 5.74) is 3.92. The average molecular weight is 485 g/mol. The Morgan fingerprint density at radius 2 is 1.80 bits per heavy atom. The summed E-state index contributed by atoms with van der Waals surface area (Å²) in [5, 5.41) is 3.43. The van der Waals surface area contributed by atoms with Crippen molar-refractivity contribution < 1.29 is 9.59 Å². The molecule has 0 aliphatic heterocycles. The number of aryl methyl sites for hydroxylation is 1. The van der Waals surface area contributed by atoms with Crippen LogP contribution in [-0.2, 0) is 4.79 Å². The van der Waals surface area contributed by atoms with Gasteiger partial charge in [0.15, 0.2) is 0 Å². The van der Waals surface area contributed by atoms with E-state index in [4.69, 9.17) is 11.6 Å². The molecule has 4 aromatic rings. The zero-order chi connectivity index (χ0) is 24.8. The SMILES string of the molecule is C=CCN(CC(=O)Nc1nc(-c2ccccc2)cn1-c1cccc(Cl)c1)C(=O)c1ccc(C)cc1. The number of imidazole rings is 1. The zero-order valence-electron chi connectivity index (χ0n) is 19.3. The number of benzene rings is 3. The smallest absolute Gasteiger partial charge is 0.254 e. The maximum atomic E-state index is 13.1. The minimum atomic E-state index is -0.374. The lowest BCUT2D eigenvalue weighted by Gasteiger charge is -2.21. The third kappa shape index (κ3) is 5.86. The molecule has 4 rings (SSSR count). The number of aromatic nitrogens is 2. The van der Waals surface area contributed by atoms with E-state index in [0.717, 1.165) is 16.8 Å². The maximum Gasteiger partial charge on any atom is 0.254 e. The second kappa shape index (κ2) is 10.8. The molecule has 0 unspecified atom stereocenters. The van der Waals surface area contributed by atoms with Gasteiger partial charge in [-0.1, -0.05) is 71.8 Å². The molecule has 1 heterocycles. The highest BCUT2D eigenvalue weighted by molar-refractivity contribution is 6.30. The number of anilines is 1. The molecule has 0 spiro atoms. The normalized spacial score (nSPS) is 10.6. The molecule has 1 aromatic heterocycles. The fourth-order valence-electron chi connectivity index (χ4n) is 3.63. The van der Waals surface area contributed by atoms with Gasteiger partial charge in [-0.25, -0.2) is 4.98 Å². The number of rotatable bonds is 8. The van der Waals surface area contributed by atoms with Crippen LogP contribution in [0.4, 0.5) is 5.95 Å². The van der Waals surface area contributed by atoms with E-state index in [1.165, 1.54) is 4.90 Å². The highest BCUT2D eigenvalue weighted by Crippen LogP contribution is 2.25. The van der Waals surface area contributed by atoms with Crippen molar-refractivity contribution in [3.05, 3.63) is 114 Å². The van der Waals surface area contributed by atoms with Crippen LogP contribution in [0.2, 0.25) is 5.02 Å². The van der Waals surface area contributed by atoms with Crippen LogP contribution in [0.1, 0.15) is 15.9 Å². The highest BCUT2D eigenvalue weighted by Gasteiger charge is 2.20. The molecule has 7 heteroatoms. The fraction of sp³-hybridized carbons (Fsp3) is 0.107. The molecule has 0 saturated heterocycles. The number of hydrogen-bond acceptors (Lipinski definition) is 3. The predicted octanol–water partition coefficient (Wildman–Crippen LogP) is 5.77. The van der Waals surface area contributed by atoms with Crippen molar-refractivity contribution in [1.29, 1.82) is 0 Å². The van der Waals surface area contributed by atoms with Gasteiger partial charge in [-0.05, 0) is 37.3 Å². The van der Waals surface area contributed by atoms with Gasteiger partial charge in [-0.2, -0.15) is 0 Å². The van der Waals surface area contributed by atoms with Gasteiger partial charge in [0.2, 0.25) is 11.9 Å². The van der Waals surface area contributed by atoms with E-state index in [2.05, 4.69) is 16.9 Å². The van der Waals surface area contributed by atoms with Gasteiger partial charge in [-0.3, -0.25) is 19.5 Å². The Labute approximate surface area is 209 Å². The van der Waals surface area contributed by atoms with Gasteiger partial charge in [-0.15, -0.1) is 6.58 Å². The molecule has 6 nitrogen and oxygen atoms in total. The molecule has 3 aromatic carbocycles. The van der Waals surface area contributed by atoms with Crippen LogP contribution in [0.25, 0.3) is 16.9 Å². The van der Waals surface area contributed by atoms with Crippen molar-refractivity contribution in [2.75, 3.05) is 18.4 Å². The van der Waals surface area contributed by atoms with Crippen molar-refractivity contribution in [1.82, 2.24) is 14.5 Å². The van der Waals surface area contributed by atoms with E-state index in [-0.39, 0.29) is 24.9 Å². The first-order valence-electron chi connectivity index (χ1n) is 11.1. The zero-order valence-corrected chi connectivity index (χ0v) is 20.1. The second-order valence-corrected chi connectivity index (χ2v) is 8.49. The van der Waals surface area contributed by atoms with Crippen LogP contribution < -0.4 is 5.32 Å². The van der Waals surface area contributed by atoms with Gasteiger partial charge in [0.05, 0.1) is 5.69 Å². The van der Waals surface area contributed by atoms with Crippen molar-refractivity contribution in [2.45, 2.75) is 6.92 Å². The molecule has 0 aliphatic carbocycles. The standard InChI is InChI=1S/C28H25ClN4O2/c1-3-16-32(27(35)22-14-12-20(2)13-15-22)19-26(34)31-28-30-25(21-8-5-4-6-9-21)18-33(28)24-11-7-10-23(29)17-24/h3-15,17-18H,1,16,19H2,2H3,(H,30,31,34). The average Bonchev–Trinajstić information content (AvgIpc) is 3.28. The summed E-state index contributed by atoms with van der Waals surface area (Å²) in [5.74, 6) is -0.290. The Bertz CT molecular complexity index is 1350. The molecular weight excluding hydrogens is 460 g/mol. The lowest BCUT2D eigenvalue weighted by atomic mass is 10.1. The molecular formula is C28H25ClN4O2. The lowest BCUT2D eigenvalue weighted by Crippen LogP contribution is -2.38. The molecule has 35 heavy (non-hydrogen) atoms. The Morgan fingerprint density at radius 3 is 2.49 bits per heavy atom. The molecule has 176 valence electrons. The van der Waals surface area contributed by atoms with Crippen LogP contribution in [0.3, 0.4) is 0 Å². The Balaban J connectivity index is 1.60. The summed E-state index contributed by atoms with van der Waals surface area (Å²) in [6, 6.07) is 24.2. The van der Waals surface area contributed by atoms with Crippen molar-refractivity contribution >= 4 is 29.4 Å². The van der Waals surface area contributed by atoms with E-state index < -0.39 is 0 Å². The number of halogens is 1. The van der Waals surface area contributed by atoms with Crippen LogP contribution in [0.5, 0.6) is 0 Å². The fourth-order valence-corrected chi connectivity index (χ4v) is 3.82. The van der Waals surface area contributed by atoms with E-state index in [1.807, 2.05) is 67.7 Å². The first-order chi connectivity index (χ1) is 16.9. The van der Waals surface area contributed by atoms with Crippen molar-refractivity contribution in [3.8, 4) is 16.9 Å². The summed E-state index contributed by atoms with van der Waals surface area (Å²) in [7, 11) is 0. The number of hydrogen-bond donors (Lipinski definition) is 1. The monoisotopic (exact) mass is 484 g/mol. The van der Waals surface area contributed by atoms with Crippen LogP contribution in [0.15, 0.2) is 97.7 Å². The topological polar surface area (TPSA) is 67.2 Å². The Hall–Kier alpha value is -4.16.